The Kier molecular flexibility index (Phi) is 5.01. The van der Waals surface area contributed by atoms with E-state index in [4.69, 9.17) is 28.3 Å². The highest BCUT2D eigenvalue weighted by Gasteiger charge is 2.27. The molecule has 8 heteroatoms. The van der Waals surface area contributed by atoms with E-state index in [-0.39, 0.29) is 17.5 Å². The summed E-state index contributed by atoms with van der Waals surface area (Å²) in [5.41, 5.74) is 1.37. The van der Waals surface area contributed by atoms with E-state index >= 15 is 0 Å². The van der Waals surface area contributed by atoms with Gasteiger partial charge < -0.3 is 10.0 Å². The van der Waals surface area contributed by atoms with Crippen molar-refractivity contribution in [1.29, 1.82) is 0 Å². The first-order valence-corrected chi connectivity index (χ1v) is 8.66. The molecule has 1 aliphatic rings. The largest absolute Gasteiger partial charge is 0.478 e. The van der Waals surface area contributed by atoms with Crippen molar-refractivity contribution in [2.75, 3.05) is 13.1 Å². The molecule has 132 valence electrons. The molecule has 0 aliphatic carbocycles. The summed E-state index contributed by atoms with van der Waals surface area (Å²) < 4.78 is 1.75. The molecule has 0 unspecified atom stereocenters. The Balaban J connectivity index is 1.68. The number of carboxylic acid groups (broad SMARTS) is 1. The van der Waals surface area contributed by atoms with Crippen LogP contribution >= 0.6 is 23.2 Å². The standard InChI is InChI=1S/C17H17Cl2N3O3/c1-10-13(17(24)25)9-20-22(10)12-4-6-21(7-5-12)16(23)11-2-3-14(18)15(19)8-11/h2-3,8-9,12H,4-7H2,1H3,(H,24,25). The lowest BCUT2D eigenvalue weighted by Crippen LogP contribution is -2.39. The summed E-state index contributed by atoms with van der Waals surface area (Å²) in [5.74, 6) is -1.06. The van der Waals surface area contributed by atoms with Crippen LogP contribution in [0.15, 0.2) is 24.4 Å². The van der Waals surface area contributed by atoms with Crippen LogP contribution in [-0.2, 0) is 0 Å². The molecule has 1 N–H and O–H groups in total. The first kappa shape index (κ1) is 17.8. The molecule has 1 aromatic heterocycles. The van der Waals surface area contributed by atoms with Crippen molar-refractivity contribution < 1.29 is 14.7 Å². The molecule has 1 aliphatic heterocycles. The topological polar surface area (TPSA) is 75.4 Å². The minimum absolute atomic E-state index is 0.0829. The Morgan fingerprint density at radius 1 is 1.20 bits per heavy atom. The van der Waals surface area contributed by atoms with Gasteiger partial charge >= 0.3 is 5.97 Å². The summed E-state index contributed by atoms with van der Waals surface area (Å²) in [5, 5.41) is 14.1. The number of piperidine rings is 1. The second kappa shape index (κ2) is 7.06. The number of benzene rings is 1. The average molecular weight is 382 g/mol. The lowest BCUT2D eigenvalue weighted by atomic mass is 10.0. The Morgan fingerprint density at radius 2 is 1.88 bits per heavy atom. The Morgan fingerprint density at radius 3 is 2.44 bits per heavy atom. The van der Waals surface area contributed by atoms with Gasteiger partial charge in [0.05, 0.1) is 28.0 Å². The van der Waals surface area contributed by atoms with E-state index in [2.05, 4.69) is 5.10 Å². The predicted octanol–water partition coefficient (Wildman–Crippen LogP) is 3.67. The van der Waals surface area contributed by atoms with Gasteiger partial charge in [0.15, 0.2) is 0 Å². The van der Waals surface area contributed by atoms with Gasteiger partial charge in [-0.3, -0.25) is 9.48 Å². The van der Waals surface area contributed by atoms with Crippen molar-refractivity contribution in [3.05, 3.63) is 51.3 Å². The number of rotatable bonds is 3. The second-order valence-electron chi connectivity index (χ2n) is 6.05. The first-order chi connectivity index (χ1) is 11.9. The Labute approximate surface area is 154 Å². The Hall–Kier alpha value is -2.05. The number of halogens is 2. The van der Waals surface area contributed by atoms with E-state index in [1.807, 2.05) is 0 Å². The van der Waals surface area contributed by atoms with Crippen LogP contribution in [0, 0.1) is 6.92 Å². The zero-order chi connectivity index (χ0) is 18.1. The maximum absolute atomic E-state index is 12.6. The van der Waals surface area contributed by atoms with E-state index in [0.29, 0.717) is 47.2 Å². The molecular formula is C17H17Cl2N3O3. The fourth-order valence-electron chi connectivity index (χ4n) is 3.13. The van der Waals surface area contributed by atoms with Gasteiger partial charge in [-0.1, -0.05) is 23.2 Å². The third kappa shape index (κ3) is 3.50. The molecule has 2 heterocycles. The number of hydrogen-bond donors (Lipinski definition) is 1. The minimum Gasteiger partial charge on any atom is -0.478 e. The molecule has 1 fully saturated rings. The summed E-state index contributed by atoms with van der Waals surface area (Å²) in [6, 6.07) is 4.95. The molecule has 6 nitrogen and oxygen atoms in total. The molecule has 0 atom stereocenters. The van der Waals surface area contributed by atoms with E-state index < -0.39 is 5.97 Å². The highest BCUT2D eigenvalue weighted by Crippen LogP contribution is 2.27. The molecular weight excluding hydrogens is 365 g/mol. The number of aromatic nitrogens is 2. The third-order valence-electron chi connectivity index (χ3n) is 4.54. The van der Waals surface area contributed by atoms with Crippen LogP contribution in [0.1, 0.15) is 45.3 Å². The van der Waals surface area contributed by atoms with Crippen LogP contribution in [0.4, 0.5) is 0 Å². The van der Waals surface area contributed by atoms with E-state index in [1.165, 1.54) is 6.20 Å². The third-order valence-corrected chi connectivity index (χ3v) is 5.28. The smallest absolute Gasteiger partial charge is 0.339 e. The van der Waals surface area contributed by atoms with Crippen LogP contribution in [0.25, 0.3) is 0 Å². The van der Waals surface area contributed by atoms with Gasteiger partial charge in [0, 0.05) is 18.7 Å². The number of carbonyl (C=O) groups excluding carboxylic acids is 1. The number of aromatic carboxylic acids is 1. The lowest BCUT2D eigenvalue weighted by molar-refractivity contribution is 0.0688. The highest BCUT2D eigenvalue weighted by atomic mass is 35.5. The number of carboxylic acids is 1. The van der Waals surface area contributed by atoms with Gasteiger partial charge in [0.2, 0.25) is 0 Å². The van der Waals surface area contributed by atoms with Crippen molar-refractivity contribution in [1.82, 2.24) is 14.7 Å². The predicted molar refractivity (Wildman–Crippen MR) is 94.6 cm³/mol. The summed E-state index contributed by atoms with van der Waals surface area (Å²) >= 11 is 11.9. The zero-order valence-electron chi connectivity index (χ0n) is 13.6. The van der Waals surface area contributed by atoms with Gasteiger partial charge in [-0.05, 0) is 38.0 Å². The van der Waals surface area contributed by atoms with Crippen LogP contribution in [0.3, 0.4) is 0 Å². The van der Waals surface area contributed by atoms with Gasteiger partial charge in [-0.2, -0.15) is 5.10 Å². The van der Waals surface area contributed by atoms with Gasteiger partial charge in [-0.25, -0.2) is 4.79 Å². The maximum Gasteiger partial charge on any atom is 0.339 e. The number of hydrogen-bond acceptors (Lipinski definition) is 3. The molecule has 2 aromatic rings. The molecule has 1 aromatic carbocycles. The van der Waals surface area contributed by atoms with Crippen LogP contribution < -0.4 is 0 Å². The molecule has 3 rings (SSSR count). The fourth-order valence-corrected chi connectivity index (χ4v) is 3.42. The molecule has 1 amide bonds. The summed E-state index contributed by atoms with van der Waals surface area (Å²) in [7, 11) is 0. The van der Waals surface area contributed by atoms with Crippen molar-refractivity contribution in [3.63, 3.8) is 0 Å². The average Bonchev–Trinajstić information content (AvgIpc) is 2.98. The SMILES string of the molecule is Cc1c(C(=O)O)cnn1C1CCN(C(=O)c2ccc(Cl)c(Cl)c2)CC1. The number of likely N-dealkylation sites (tertiary alicyclic amines) is 1. The van der Waals surface area contributed by atoms with Crippen molar-refractivity contribution in [3.8, 4) is 0 Å². The first-order valence-electron chi connectivity index (χ1n) is 7.90. The molecule has 0 saturated carbocycles. The van der Waals surface area contributed by atoms with E-state index in [1.54, 1.807) is 34.7 Å². The van der Waals surface area contributed by atoms with E-state index in [0.717, 1.165) is 0 Å². The quantitative estimate of drug-likeness (QED) is 0.879. The summed E-state index contributed by atoms with van der Waals surface area (Å²) in [6.07, 6.45) is 2.81. The fraction of sp³-hybridized carbons (Fsp3) is 0.353. The highest BCUT2D eigenvalue weighted by molar-refractivity contribution is 6.42. The van der Waals surface area contributed by atoms with Crippen molar-refractivity contribution in [2.24, 2.45) is 0 Å². The number of amides is 1. The molecule has 0 bridgehead atoms. The second-order valence-corrected chi connectivity index (χ2v) is 6.86. The zero-order valence-corrected chi connectivity index (χ0v) is 15.1. The van der Waals surface area contributed by atoms with E-state index in [9.17, 15) is 9.59 Å². The number of carbonyl (C=O) groups is 2. The minimum atomic E-state index is -0.976. The lowest BCUT2D eigenvalue weighted by Gasteiger charge is -2.32. The van der Waals surface area contributed by atoms with Crippen LogP contribution in [0.2, 0.25) is 10.0 Å². The van der Waals surface area contributed by atoms with Crippen LogP contribution in [0.5, 0.6) is 0 Å². The Bertz CT molecular complexity index is 827. The van der Waals surface area contributed by atoms with Crippen molar-refractivity contribution >= 4 is 35.1 Å². The maximum atomic E-state index is 12.6. The van der Waals surface area contributed by atoms with Crippen LogP contribution in [-0.4, -0.2) is 44.8 Å². The van der Waals surface area contributed by atoms with Gasteiger partial charge in [0.25, 0.3) is 5.91 Å². The van der Waals surface area contributed by atoms with Crippen molar-refractivity contribution in [2.45, 2.75) is 25.8 Å². The van der Waals surface area contributed by atoms with Gasteiger partial charge in [0.1, 0.15) is 5.56 Å². The van der Waals surface area contributed by atoms with Gasteiger partial charge in [-0.15, -0.1) is 0 Å². The number of nitrogens with zero attached hydrogens (tertiary/aromatic N) is 3. The summed E-state index contributed by atoms with van der Waals surface area (Å²) in [4.78, 5) is 25.5. The normalized spacial score (nSPS) is 15.4. The molecule has 1 saturated heterocycles. The molecule has 0 spiro atoms. The molecule has 25 heavy (non-hydrogen) atoms. The monoisotopic (exact) mass is 381 g/mol. The molecule has 0 radical (unpaired) electrons. The summed E-state index contributed by atoms with van der Waals surface area (Å²) in [6.45, 7) is 2.90.